The molecule has 2 rings (SSSR count). The average molecular weight is 240 g/mol. The second-order valence-electron chi connectivity index (χ2n) is 2.88. The van der Waals surface area contributed by atoms with Crippen molar-refractivity contribution in [3.8, 4) is 11.4 Å². The van der Waals surface area contributed by atoms with E-state index in [2.05, 4.69) is 15.0 Å². The van der Waals surface area contributed by atoms with Gasteiger partial charge in [-0.05, 0) is 18.2 Å². The van der Waals surface area contributed by atoms with Crippen LogP contribution in [0.3, 0.4) is 0 Å². The first-order chi connectivity index (χ1) is 7.29. The van der Waals surface area contributed by atoms with Crippen LogP contribution in [0.4, 0.5) is 0 Å². The Hall–Kier alpha value is -1.19. The summed E-state index contributed by atoms with van der Waals surface area (Å²) >= 11 is 11.5. The van der Waals surface area contributed by atoms with Crippen molar-refractivity contribution in [3.63, 3.8) is 0 Å². The maximum absolute atomic E-state index is 5.85. The lowest BCUT2D eigenvalue weighted by atomic mass is 10.2. The van der Waals surface area contributed by atoms with Crippen LogP contribution < -0.4 is 0 Å². The number of hydrogen-bond donors (Lipinski definition) is 0. The molecule has 0 bridgehead atoms. The number of halogens is 2. The molecule has 0 saturated heterocycles. The summed E-state index contributed by atoms with van der Waals surface area (Å²) in [7, 11) is 0. The van der Waals surface area contributed by atoms with Gasteiger partial charge < -0.3 is 0 Å². The molecule has 0 atom stereocenters. The van der Waals surface area contributed by atoms with Crippen molar-refractivity contribution in [1.29, 1.82) is 0 Å². The number of hydrogen-bond acceptors (Lipinski definition) is 3. The van der Waals surface area contributed by atoms with Crippen molar-refractivity contribution >= 4 is 23.2 Å². The van der Waals surface area contributed by atoms with E-state index in [-0.39, 0.29) is 0 Å². The molecule has 0 aliphatic heterocycles. The SMILES string of the molecule is ClCc1cc(Cl)nc(-c2cccnc2)n1. The van der Waals surface area contributed by atoms with Crippen LogP contribution in [0.2, 0.25) is 5.15 Å². The van der Waals surface area contributed by atoms with Crippen LogP contribution in [-0.2, 0) is 5.88 Å². The first kappa shape index (κ1) is 10.3. The third-order valence-corrected chi connectivity index (χ3v) is 2.27. The van der Waals surface area contributed by atoms with Gasteiger partial charge in [-0.3, -0.25) is 4.98 Å². The number of alkyl halides is 1. The van der Waals surface area contributed by atoms with Crippen LogP contribution in [0.25, 0.3) is 11.4 Å². The molecular weight excluding hydrogens is 233 g/mol. The zero-order chi connectivity index (χ0) is 10.7. The zero-order valence-corrected chi connectivity index (χ0v) is 9.20. The number of nitrogens with zero attached hydrogens (tertiary/aromatic N) is 3. The van der Waals surface area contributed by atoms with Crippen molar-refractivity contribution in [3.05, 3.63) is 41.4 Å². The summed E-state index contributed by atoms with van der Waals surface area (Å²) in [5.41, 5.74) is 1.53. The quantitative estimate of drug-likeness (QED) is 0.598. The number of aromatic nitrogens is 3. The predicted octanol–water partition coefficient (Wildman–Crippen LogP) is 2.93. The second kappa shape index (κ2) is 4.55. The molecule has 2 aromatic heterocycles. The van der Waals surface area contributed by atoms with Crippen molar-refractivity contribution in [2.75, 3.05) is 0 Å². The molecule has 0 aromatic carbocycles. The van der Waals surface area contributed by atoms with E-state index in [0.29, 0.717) is 22.6 Å². The van der Waals surface area contributed by atoms with Gasteiger partial charge in [0.2, 0.25) is 0 Å². The molecule has 0 saturated carbocycles. The van der Waals surface area contributed by atoms with Crippen LogP contribution >= 0.6 is 23.2 Å². The molecule has 2 heterocycles. The largest absolute Gasteiger partial charge is 0.264 e. The molecule has 0 fully saturated rings. The van der Waals surface area contributed by atoms with Gasteiger partial charge in [0, 0.05) is 18.0 Å². The Morgan fingerprint density at radius 3 is 2.80 bits per heavy atom. The third-order valence-electron chi connectivity index (χ3n) is 1.80. The highest BCUT2D eigenvalue weighted by Gasteiger charge is 2.04. The van der Waals surface area contributed by atoms with Crippen LogP contribution in [0, 0.1) is 0 Å². The lowest BCUT2D eigenvalue weighted by molar-refractivity contribution is 1.09. The summed E-state index contributed by atoms with van der Waals surface area (Å²) in [6.07, 6.45) is 3.38. The fraction of sp³-hybridized carbons (Fsp3) is 0.100. The molecule has 15 heavy (non-hydrogen) atoms. The fourth-order valence-electron chi connectivity index (χ4n) is 1.16. The molecule has 0 spiro atoms. The van der Waals surface area contributed by atoms with E-state index >= 15 is 0 Å². The molecule has 2 aromatic rings. The molecule has 0 N–H and O–H groups in total. The number of rotatable bonds is 2. The summed E-state index contributed by atoms with van der Waals surface area (Å²) in [5, 5.41) is 0.388. The minimum Gasteiger partial charge on any atom is -0.264 e. The van der Waals surface area contributed by atoms with E-state index in [1.54, 1.807) is 18.5 Å². The van der Waals surface area contributed by atoms with Gasteiger partial charge in [-0.25, -0.2) is 9.97 Å². The number of pyridine rings is 1. The van der Waals surface area contributed by atoms with E-state index in [4.69, 9.17) is 23.2 Å². The monoisotopic (exact) mass is 239 g/mol. The highest BCUT2D eigenvalue weighted by atomic mass is 35.5. The van der Waals surface area contributed by atoms with Crippen LogP contribution in [0.5, 0.6) is 0 Å². The summed E-state index contributed by atoms with van der Waals surface area (Å²) in [6, 6.07) is 5.34. The molecule has 0 aliphatic rings. The average Bonchev–Trinajstić information content (AvgIpc) is 2.29. The second-order valence-corrected chi connectivity index (χ2v) is 3.54. The third kappa shape index (κ3) is 2.43. The summed E-state index contributed by atoms with van der Waals surface area (Å²) in [4.78, 5) is 12.4. The van der Waals surface area contributed by atoms with Gasteiger partial charge in [0.25, 0.3) is 0 Å². The van der Waals surface area contributed by atoms with E-state index in [0.717, 1.165) is 5.56 Å². The Morgan fingerprint density at radius 2 is 2.13 bits per heavy atom. The lowest BCUT2D eigenvalue weighted by Crippen LogP contribution is -1.94. The van der Waals surface area contributed by atoms with Gasteiger partial charge in [-0.15, -0.1) is 11.6 Å². The molecule has 0 radical (unpaired) electrons. The molecule has 0 unspecified atom stereocenters. The van der Waals surface area contributed by atoms with E-state index in [1.165, 1.54) is 0 Å². The van der Waals surface area contributed by atoms with Gasteiger partial charge >= 0.3 is 0 Å². The van der Waals surface area contributed by atoms with Gasteiger partial charge in [0.1, 0.15) is 5.15 Å². The molecule has 0 amide bonds. The predicted molar refractivity (Wildman–Crippen MR) is 59.8 cm³/mol. The first-order valence-corrected chi connectivity index (χ1v) is 5.20. The molecular formula is C10H7Cl2N3. The van der Waals surface area contributed by atoms with Gasteiger partial charge in [0.05, 0.1) is 11.6 Å². The summed E-state index contributed by atoms with van der Waals surface area (Å²) in [6.45, 7) is 0. The molecule has 76 valence electrons. The van der Waals surface area contributed by atoms with E-state index in [9.17, 15) is 0 Å². The maximum Gasteiger partial charge on any atom is 0.162 e. The van der Waals surface area contributed by atoms with Gasteiger partial charge in [-0.1, -0.05) is 11.6 Å². The Balaban J connectivity index is 2.49. The highest BCUT2D eigenvalue weighted by Crippen LogP contribution is 2.17. The van der Waals surface area contributed by atoms with Crippen molar-refractivity contribution < 1.29 is 0 Å². The Morgan fingerprint density at radius 1 is 1.27 bits per heavy atom. The van der Waals surface area contributed by atoms with Gasteiger partial charge in [0.15, 0.2) is 5.82 Å². The summed E-state index contributed by atoms with van der Waals surface area (Å²) in [5.74, 6) is 0.862. The zero-order valence-electron chi connectivity index (χ0n) is 7.69. The normalized spacial score (nSPS) is 10.3. The lowest BCUT2D eigenvalue weighted by Gasteiger charge is -2.02. The first-order valence-electron chi connectivity index (χ1n) is 4.29. The smallest absolute Gasteiger partial charge is 0.162 e. The Bertz CT molecular complexity index is 459. The van der Waals surface area contributed by atoms with Crippen LogP contribution in [0.15, 0.2) is 30.6 Å². The highest BCUT2D eigenvalue weighted by molar-refractivity contribution is 6.29. The van der Waals surface area contributed by atoms with Crippen LogP contribution in [-0.4, -0.2) is 15.0 Å². The molecule has 0 aliphatic carbocycles. The van der Waals surface area contributed by atoms with Gasteiger partial charge in [-0.2, -0.15) is 0 Å². The minimum atomic E-state index is 0.315. The molecule has 3 nitrogen and oxygen atoms in total. The topological polar surface area (TPSA) is 38.7 Å². The standard InChI is InChI=1S/C10H7Cl2N3/c11-5-8-4-9(12)15-10(14-8)7-2-1-3-13-6-7/h1-4,6H,5H2. The minimum absolute atomic E-state index is 0.315. The van der Waals surface area contributed by atoms with Crippen molar-refractivity contribution in [2.45, 2.75) is 5.88 Å². The van der Waals surface area contributed by atoms with Crippen molar-refractivity contribution in [1.82, 2.24) is 15.0 Å². The Labute approximate surface area is 97.1 Å². The molecule has 5 heteroatoms. The van der Waals surface area contributed by atoms with Crippen LogP contribution in [0.1, 0.15) is 5.69 Å². The van der Waals surface area contributed by atoms with Crippen molar-refractivity contribution in [2.24, 2.45) is 0 Å². The van der Waals surface area contributed by atoms with E-state index < -0.39 is 0 Å². The fourth-order valence-corrected chi connectivity index (χ4v) is 1.50. The summed E-state index contributed by atoms with van der Waals surface area (Å²) < 4.78 is 0. The Kier molecular flexibility index (Phi) is 3.14. The van der Waals surface area contributed by atoms with E-state index in [1.807, 2.05) is 12.1 Å². The maximum atomic E-state index is 5.85.